The van der Waals surface area contributed by atoms with Crippen molar-refractivity contribution in [3.8, 4) is 0 Å². The third-order valence-corrected chi connectivity index (χ3v) is 4.19. The first-order chi connectivity index (χ1) is 12.8. The predicted octanol–water partition coefficient (Wildman–Crippen LogP) is 0.316. The molecule has 0 radical (unpaired) electrons. The largest absolute Gasteiger partial charge is 0.396 e. The molecule has 27 heavy (non-hydrogen) atoms. The molecular weight excluding hydrogens is 370 g/mol. The fourth-order valence-electron chi connectivity index (χ4n) is 2.51. The van der Waals surface area contributed by atoms with E-state index in [1.807, 2.05) is 0 Å². The van der Waals surface area contributed by atoms with Gasteiger partial charge in [-0.15, -0.1) is 0 Å². The molecule has 0 aliphatic carbocycles. The zero-order chi connectivity index (χ0) is 20.0. The van der Waals surface area contributed by atoms with E-state index in [1.165, 1.54) is 0 Å². The quantitative estimate of drug-likeness (QED) is 0.376. The van der Waals surface area contributed by atoms with Crippen LogP contribution in [-0.2, 0) is 19.1 Å². The second-order valence-electron chi connectivity index (χ2n) is 6.38. The number of carbonyl (C=O) groups excluding carboxylic acids is 4. The number of ether oxygens (including phenoxy) is 1. The van der Waals surface area contributed by atoms with Crippen LogP contribution < -0.4 is 16.0 Å². The normalized spacial score (nSPS) is 17.7. The van der Waals surface area contributed by atoms with Crippen molar-refractivity contribution in [1.82, 2.24) is 16.0 Å². The van der Waals surface area contributed by atoms with Crippen molar-refractivity contribution >= 4 is 41.0 Å². The average molecular weight is 391 g/mol. The average Bonchev–Trinajstić information content (AvgIpc) is 2.63. The molecule has 1 aliphatic rings. The van der Waals surface area contributed by atoms with Gasteiger partial charge >= 0.3 is 5.97 Å². The van der Waals surface area contributed by atoms with E-state index in [1.54, 1.807) is 44.2 Å². The van der Waals surface area contributed by atoms with Crippen LogP contribution in [0.4, 0.5) is 0 Å². The van der Waals surface area contributed by atoms with E-state index < -0.39 is 35.7 Å². The van der Waals surface area contributed by atoms with Crippen molar-refractivity contribution in [2.24, 2.45) is 5.92 Å². The fourth-order valence-corrected chi connectivity index (χ4v) is 2.72. The van der Waals surface area contributed by atoms with Gasteiger partial charge in [0.15, 0.2) is 0 Å². The fraction of sp³-hybridized carbons (Fsp3) is 0.389. The van der Waals surface area contributed by atoms with Gasteiger partial charge in [-0.05, 0) is 36.7 Å². The minimum Gasteiger partial charge on any atom is -0.396 e. The van der Waals surface area contributed by atoms with Gasteiger partial charge in [-0.25, -0.2) is 4.79 Å². The minimum atomic E-state index is -0.880. The zero-order valence-electron chi connectivity index (χ0n) is 15.0. The molecule has 144 valence electrons. The van der Waals surface area contributed by atoms with Crippen LogP contribution in [0.1, 0.15) is 30.6 Å². The molecule has 1 saturated heterocycles. The molecule has 0 spiro atoms. The molecule has 0 bridgehead atoms. The Morgan fingerprint density at radius 2 is 1.89 bits per heavy atom. The van der Waals surface area contributed by atoms with E-state index in [0.717, 1.165) is 0 Å². The SMILES string of the molecule is CC(C)C(NC(=S)OC(=O)c1ccccc1)C(=O)NC1CCNC(=O)C1=O. The van der Waals surface area contributed by atoms with E-state index in [2.05, 4.69) is 16.0 Å². The maximum Gasteiger partial charge on any atom is 0.345 e. The number of carbonyl (C=O) groups is 4. The lowest BCUT2D eigenvalue weighted by Gasteiger charge is -2.27. The number of piperidine rings is 1. The molecule has 1 aromatic carbocycles. The summed E-state index contributed by atoms with van der Waals surface area (Å²) in [5, 5.41) is 7.43. The standard InChI is InChI=1S/C18H21N3O5S/c1-10(2)13(15(23)20-12-8-9-19-16(24)14(12)22)21-18(27)26-17(25)11-6-4-3-5-7-11/h3-7,10,12-13H,8-9H2,1-2H3,(H,19,24)(H,20,23)(H,21,27). The highest BCUT2D eigenvalue weighted by atomic mass is 32.1. The van der Waals surface area contributed by atoms with Crippen LogP contribution in [0.3, 0.4) is 0 Å². The lowest BCUT2D eigenvalue weighted by Crippen LogP contribution is -2.58. The van der Waals surface area contributed by atoms with Gasteiger partial charge in [0, 0.05) is 6.54 Å². The Labute approximate surface area is 162 Å². The van der Waals surface area contributed by atoms with Gasteiger partial charge in [0.25, 0.3) is 11.1 Å². The number of hydrogen-bond donors (Lipinski definition) is 3. The lowest BCUT2D eigenvalue weighted by molar-refractivity contribution is -0.142. The Morgan fingerprint density at radius 3 is 2.52 bits per heavy atom. The first-order valence-electron chi connectivity index (χ1n) is 8.49. The van der Waals surface area contributed by atoms with Crippen LogP contribution in [0.25, 0.3) is 0 Å². The second kappa shape index (κ2) is 9.22. The number of thiocarbonyl (C=S) groups is 1. The van der Waals surface area contributed by atoms with Crippen LogP contribution in [0.15, 0.2) is 30.3 Å². The molecule has 2 unspecified atom stereocenters. The number of rotatable bonds is 5. The number of amides is 2. The predicted molar refractivity (Wildman–Crippen MR) is 101 cm³/mol. The molecular formula is C18H21N3O5S. The molecule has 1 fully saturated rings. The van der Waals surface area contributed by atoms with Gasteiger partial charge < -0.3 is 20.7 Å². The van der Waals surface area contributed by atoms with E-state index in [4.69, 9.17) is 17.0 Å². The Kier molecular flexibility index (Phi) is 7.00. The third-order valence-electron chi connectivity index (χ3n) is 3.99. The van der Waals surface area contributed by atoms with E-state index in [0.29, 0.717) is 18.5 Å². The highest BCUT2D eigenvalue weighted by molar-refractivity contribution is 7.80. The molecule has 1 heterocycles. The van der Waals surface area contributed by atoms with Crippen LogP contribution in [0.2, 0.25) is 0 Å². The van der Waals surface area contributed by atoms with Crippen molar-refractivity contribution in [3.63, 3.8) is 0 Å². The second-order valence-corrected chi connectivity index (χ2v) is 6.75. The summed E-state index contributed by atoms with van der Waals surface area (Å²) in [6.07, 6.45) is 0.314. The summed E-state index contributed by atoms with van der Waals surface area (Å²) < 4.78 is 5.07. The number of hydrogen-bond acceptors (Lipinski definition) is 6. The smallest absolute Gasteiger partial charge is 0.345 e. The van der Waals surface area contributed by atoms with Gasteiger partial charge in [0.05, 0.1) is 11.6 Å². The molecule has 1 aliphatic heterocycles. The highest BCUT2D eigenvalue weighted by Gasteiger charge is 2.33. The summed E-state index contributed by atoms with van der Waals surface area (Å²) in [5.74, 6) is -2.76. The Morgan fingerprint density at radius 1 is 1.22 bits per heavy atom. The summed E-state index contributed by atoms with van der Waals surface area (Å²) in [7, 11) is 0. The monoisotopic (exact) mass is 391 g/mol. The maximum absolute atomic E-state index is 12.5. The summed E-state index contributed by atoms with van der Waals surface area (Å²) >= 11 is 5.03. The molecule has 2 rings (SSSR count). The van der Waals surface area contributed by atoms with Crippen LogP contribution >= 0.6 is 12.2 Å². The lowest BCUT2D eigenvalue weighted by atomic mass is 10.0. The summed E-state index contributed by atoms with van der Waals surface area (Å²) in [6, 6.07) is 6.59. The summed E-state index contributed by atoms with van der Waals surface area (Å²) in [6.45, 7) is 3.85. The summed E-state index contributed by atoms with van der Waals surface area (Å²) in [5.41, 5.74) is 0.325. The molecule has 0 aromatic heterocycles. The van der Waals surface area contributed by atoms with Crippen molar-refractivity contribution < 1.29 is 23.9 Å². The van der Waals surface area contributed by atoms with Crippen LogP contribution in [0.5, 0.6) is 0 Å². The number of benzene rings is 1. The molecule has 9 heteroatoms. The first-order valence-corrected chi connectivity index (χ1v) is 8.90. The molecule has 1 aromatic rings. The van der Waals surface area contributed by atoms with Crippen molar-refractivity contribution in [1.29, 1.82) is 0 Å². The third kappa shape index (κ3) is 5.58. The van der Waals surface area contributed by atoms with Crippen molar-refractivity contribution in [2.45, 2.75) is 32.4 Å². The zero-order valence-corrected chi connectivity index (χ0v) is 15.8. The Balaban J connectivity index is 1.96. The summed E-state index contributed by atoms with van der Waals surface area (Å²) in [4.78, 5) is 47.8. The van der Waals surface area contributed by atoms with E-state index in [9.17, 15) is 19.2 Å². The first kappa shape index (κ1) is 20.5. The Bertz CT molecular complexity index is 751. The molecule has 3 N–H and O–H groups in total. The number of ketones is 1. The van der Waals surface area contributed by atoms with Gasteiger partial charge in [-0.1, -0.05) is 32.0 Å². The van der Waals surface area contributed by atoms with Crippen LogP contribution in [-0.4, -0.2) is 47.4 Å². The van der Waals surface area contributed by atoms with E-state index >= 15 is 0 Å². The van der Waals surface area contributed by atoms with Gasteiger partial charge in [-0.3, -0.25) is 14.4 Å². The Hall–Kier alpha value is -2.81. The van der Waals surface area contributed by atoms with Gasteiger partial charge in [0.2, 0.25) is 11.7 Å². The molecule has 8 nitrogen and oxygen atoms in total. The minimum absolute atomic E-state index is 0.217. The van der Waals surface area contributed by atoms with Crippen LogP contribution in [0, 0.1) is 5.92 Å². The molecule has 2 amide bonds. The number of esters is 1. The van der Waals surface area contributed by atoms with Gasteiger partial charge in [0.1, 0.15) is 6.04 Å². The number of nitrogens with one attached hydrogen (secondary N) is 3. The van der Waals surface area contributed by atoms with Crippen molar-refractivity contribution in [3.05, 3.63) is 35.9 Å². The maximum atomic E-state index is 12.5. The van der Waals surface area contributed by atoms with Gasteiger partial charge in [-0.2, -0.15) is 0 Å². The molecule has 2 atom stereocenters. The van der Waals surface area contributed by atoms with Crippen molar-refractivity contribution in [2.75, 3.05) is 6.54 Å². The van der Waals surface area contributed by atoms with E-state index in [-0.39, 0.29) is 11.1 Å². The number of Topliss-reactive ketones (excluding diaryl/α,β-unsaturated/α-hetero) is 1. The topological polar surface area (TPSA) is 114 Å². The molecule has 0 saturated carbocycles. The highest BCUT2D eigenvalue weighted by Crippen LogP contribution is 2.07.